The van der Waals surface area contributed by atoms with Gasteiger partial charge in [0.25, 0.3) is 0 Å². The highest BCUT2D eigenvalue weighted by atomic mass is 32.2. The number of phenols is 1. The van der Waals surface area contributed by atoms with Gasteiger partial charge in [-0.2, -0.15) is 0 Å². The van der Waals surface area contributed by atoms with E-state index in [4.69, 9.17) is 0 Å². The standard InChI is InChI=1S/C20H18N6O2S2/c1-2-26-17(14-10-6-7-11-15(14)27)22-25-20(26)29-12-16(28)21-19-24-23-18(30-19)13-8-4-3-5-9-13/h3-11,27H,2,12H2,1H3,(H,21,24,28). The number of aromatic nitrogens is 5. The molecule has 4 aromatic rings. The van der Waals surface area contributed by atoms with Crippen LogP contribution in [-0.4, -0.2) is 41.7 Å². The molecule has 0 fully saturated rings. The number of thioether (sulfide) groups is 1. The van der Waals surface area contributed by atoms with Gasteiger partial charge in [0.05, 0.1) is 11.3 Å². The first-order valence-electron chi connectivity index (χ1n) is 9.19. The number of phenolic OH excluding ortho intramolecular Hbond substituents is 1. The van der Waals surface area contributed by atoms with Crippen LogP contribution in [0.1, 0.15) is 6.92 Å². The Hall–Kier alpha value is -3.24. The van der Waals surface area contributed by atoms with E-state index in [0.717, 1.165) is 10.6 Å². The quantitative estimate of drug-likeness (QED) is 0.421. The molecule has 8 nitrogen and oxygen atoms in total. The fraction of sp³-hybridized carbons (Fsp3) is 0.150. The van der Waals surface area contributed by atoms with E-state index in [1.165, 1.54) is 23.1 Å². The lowest BCUT2D eigenvalue weighted by Gasteiger charge is -2.08. The summed E-state index contributed by atoms with van der Waals surface area (Å²) >= 11 is 2.60. The third-order valence-electron chi connectivity index (χ3n) is 4.20. The Morgan fingerprint density at radius 2 is 1.83 bits per heavy atom. The molecule has 10 heteroatoms. The van der Waals surface area contributed by atoms with Gasteiger partial charge in [-0.25, -0.2) is 0 Å². The molecular weight excluding hydrogens is 420 g/mol. The SMILES string of the molecule is CCn1c(SCC(=O)Nc2nnc(-c3ccccc3)s2)nnc1-c1ccccc1O. The first kappa shape index (κ1) is 20.0. The van der Waals surface area contributed by atoms with Crippen molar-refractivity contribution in [2.75, 3.05) is 11.1 Å². The van der Waals surface area contributed by atoms with Crippen LogP contribution in [0, 0.1) is 0 Å². The van der Waals surface area contributed by atoms with Crippen LogP contribution >= 0.6 is 23.1 Å². The molecule has 0 bridgehead atoms. The van der Waals surface area contributed by atoms with Gasteiger partial charge in [0, 0.05) is 12.1 Å². The summed E-state index contributed by atoms with van der Waals surface area (Å²) in [5.74, 6) is 0.652. The minimum Gasteiger partial charge on any atom is -0.507 e. The number of amides is 1. The van der Waals surface area contributed by atoms with Crippen molar-refractivity contribution in [1.82, 2.24) is 25.0 Å². The third-order valence-corrected chi connectivity index (χ3v) is 6.06. The molecule has 0 atom stereocenters. The summed E-state index contributed by atoms with van der Waals surface area (Å²) < 4.78 is 1.87. The number of carbonyl (C=O) groups is 1. The van der Waals surface area contributed by atoms with Crippen LogP contribution in [-0.2, 0) is 11.3 Å². The molecule has 2 heterocycles. The zero-order chi connectivity index (χ0) is 20.9. The number of anilines is 1. The van der Waals surface area contributed by atoms with E-state index >= 15 is 0 Å². The molecular formula is C20H18N6O2S2. The Balaban J connectivity index is 1.41. The second-order valence-corrected chi connectivity index (χ2v) is 8.10. The lowest BCUT2D eigenvalue weighted by Crippen LogP contribution is -2.14. The molecule has 2 N–H and O–H groups in total. The molecule has 0 saturated carbocycles. The zero-order valence-corrected chi connectivity index (χ0v) is 17.7. The second-order valence-electron chi connectivity index (χ2n) is 6.18. The van der Waals surface area contributed by atoms with Crippen molar-refractivity contribution in [1.29, 1.82) is 0 Å². The number of aromatic hydroxyl groups is 1. The predicted octanol–water partition coefficient (Wildman–Crippen LogP) is 3.92. The van der Waals surface area contributed by atoms with Crippen LogP contribution in [0.15, 0.2) is 59.8 Å². The Morgan fingerprint density at radius 3 is 2.60 bits per heavy atom. The van der Waals surface area contributed by atoms with Crippen molar-refractivity contribution in [2.24, 2.45) is 0 Å². The van der Waals surface area contributed by atoms with E-state index in [2.05, 4.69) is 25.7 Å². The van der Waals surface area contributed by atoms with E-state index in [1.54, 1.807) is 18.2 Å². The second kappa shape index (κ2) is 9.06. The third kappa shape index (κ3) is 4.34. The van der Waals surface area contributed by atoms with E-state index < -0.39 is 0 Å². The van der Waals surface area contributed by atoms with Gasteiger partial charge in [0.2, 0.25) is 11.0 Å². The maximum atomic E-state index is 12.4. The van der Waals surface area contributed by atoms with E-state index in [1.807, 2.05) is 47.9 Å². The molecule has 0 aliphatic heterocycles. The minimum atomic E-state index is -0.203. The normalized spacial score (nSPS) is 10.8. The van der Waals surface area contributed by atoms with Crippen molar-refractivity contribution in [3.05, 3.63) is 54.6 Å². The summed E-state index contributed by atoms with van der Waals surface area (Å²) in [5.41, 5.74) is 1.56. The highest BCUT2D eigenvalue weighted by Crippen LogP contribution is 2.30. The molecule has 0 aliphatic rings. The summed E-state index contributed by atoms with van der Waals surface area (Å²) in [4.78, 5) is 12.4. The van der Waals surface area contributed by atoms with Crippen LogP contribution < -0.4 is 5.32 Å². The fourth-order valence-corrected chi connectivity index (χ4v) is 4.37. The van der Waals surface area contributed by atoms with Crippen molar-refractivity contribution in [2.45, 2.75) is 18.6 Å². The fourth-order valence-electron chi connectivity index (χ4n) is 2.80. The van der Waals surface area contributed by atoms with Crippen LogP contribution in [0.5, 0.6) is 5.75 Å². The lowest BCUT2D eigenvalue weighted by atomic mass is 10.2. The number of hydrogen-bond donors (Lipinski definition) is 2. The maximum absolute atomic E-state index is 12.4. The number of nitrogens with one attached hydrogen (secondary N) is 1. The molecule has 2 aromatic heterocycles. The summed E-state index contributed by atoms with van der Waals surface area (Å²) in [6.07, 6.45) is 0. The minimum absolute atomic E-state index is 0.138. The highest BCUT2D eigenvalue weighted by molar-refractivity contribution is 7.99. The largest absolute Gasteiger partial charge is 0.507 e. The van der Waals surface area contributed by atoms with Crippen molar-refractivity contribution >= 4 is 34.1 Å². The molecule has 1 amide bonds. The molecule has 0 spiro atoms. The van der Waals surface area contributed by atoms with E-state index in [0.29, 0.717) is 28.2 Å². The average molecular weight is 439 g/mol. The number of hydrogen-bond acceptors (Lipinski definition) is 8. The molecule has 0 radical (unpaired) electrons. The molecule has 0 aliphatic carbocycles. The first-order valence-corrected chi connectivity index (χ1v) is 11.0. The van der Waals surface area contributed by atoms with Crippen molar-refractivity contribution in [3.8, 4) is 27.7 Å². The molecule has 152 valence electrons. The summed E-state index contributed by atoms with van der Waals surface area (Å²) in [5, 5.41) is 31.2. The van der Waals surface area contributed by atoms with Crippen molar-refractivity contribution < 1.29 is 9.90 Å². The maximum Gasteiger partial charge on any atom is 0.236 e. The smallest absolute Gasteiger partial charge is 0.236 e. The molecule has 0 saturated heterocycles. The number of carbonyl (C=O) groups excluding carboxylic acids is 1. The van der Waals surface area contributed by atoms with Gasteiger partial charge in [-0.3, -0.25) is 10.1 Å². The van der Waals surface area contributed by atoms with Crippen LogP contribution in [0.4, 0.5) is 5.13 Å². The zero-order valence-electron chi connectivity index (χ0n) is 16.0. The Bertz CT molecular complexity index is 1160. The van der Waals surface area contributed by atoms with Crippen molar-refractivity contribution in [3.63, 3.8) is 0 Å². The Kier molecular flexibility index (Phi) is 6.05. The number of benzene rings is 2. The van der Waals surface area contributed by atoms with E-state index in [-0.39, 0.29) is 17.4 Å². The molecule has 4 rings (SSSR count). The Labute approximate surface area is 181 Å². The van der Waals surface area contributed by atoms with Crippen LogP contribution in [0.3, 0.4) is 0 Å². The lowest BCUT2D eigenvalue weighted by molar-refractivity contribution is -0.113. The monoisotopic (exact) mass is 438 g/mol. The van der Waals surface area contributed by atoms with Crippen LogP contribution in [0.2, 0.25) is 0 Å². The van der Waals surface area contributed by atoms with Gasteiger partial charge in [-0.15, -0.1) is 20.4 Å². The Morgan fingerprint density at radius 1 is 1.07 bits per heavy atom. The first-order chi connectivity index (χ1) is 14.7. The molecule has 2 aromatic carbocycles. The van der Waals surface area contributed by atoms with Crippen LogP contribution in [0.25, 0.3) is 22.0 Å². The van der Waals surface area contributed by atoms with Gasteiger partial charge in [-0.05, 0) is 19.1 Å². The van der Waals surface area contributed by atoms with Gasteiger partial charge in [-0.1, -0.05) is 65.6 Å². The van der Waals surface area contributed by atoms with Gasteiger partial charge < -0.3 is 9.67 Å². The summed E-state index contributed by atoms with van der Waals surface area (Å²) in [6, 6.07) is 16.7. The average Bonchev–Trinajstić information content (AvgIpc) is 3.40. The number of nitrogens with zero attached hydrogens (tertiary/aromatic N) is 5. The molecule has 30 heavy (non-hydrogen) atoms. The predicted molar refractivity (Wildman–Crippen MR) is 117 cm³/mol. The molecule has 0 unspecified atom stereocenters. The highest BCUT2D eigenvalue weighted by Gasteiger charge is 2.17. The van der Waals surface area contributed by atoms with Gasteiger partial charge in [0.1, 0.15) is 10.8 Å². The van der Waals surface area contributed by atoms with Gasteiger partial charge in [0.15, 0.2) is 11.0 Å². The van der Waals surface area contributed by atoms with E-state index in [9.17, 15) is 9.90 Å². The van der Waals surface area contributed by atoms with Gasteiger partial charge >= 0.3 is 0 Å². The number of para-hydroxylation sites is 1. The topological polar surface area (TPSA) is 106 Å². The summed E-state index contributed by atoms with van der Waals surface area (Å²) in [7, 11) is 0. The summed E-state index contributed by atoms with van der Waals surface area (Å²) in [6.45, 7) is 2.57. The number of rotatable bonds is 7.